The van der Waals surface area contributed by atoms with E-state index in [9.17, 15) is 4.79 Å². The minimum absolute atomic E-state index is 0.258. The zero-order valence-corrected chi connectivity index (χ0v) is 8.05. The van der Waals surface area contributed by atoms with Crippen molar-refractivity contribution < 1.29 is 4.79 Å². The summed E-state index contributed by atoms with van der Waals surface area (Å²) in [4.78, 5) is 11.5. The largest absolute Gasteiger partial charge is 0.322 e. The van der Waals surface area contributed by atoms with Crippen molar-refractivity contribution in [3.05, 3.63) is 0 Å². The Bertz CT molecular complexity index is 165. The topological polar surface area (TPSA) is 43.1 Å². The molecule has 0 aliphatic heterocycles. The van der Waals surface area contributed by atoms with Crippen LogP contribution < -0.4 is 5.73 Å². The molecule has 0 radical (unpaired) electrons. The van der Waals surface area contributed by atoms with Gasteiger partial charge in [-0.25, -0.2) is 0 Å². The minimum Gasteiger partial charge on any atom is -0.322 e. The number of nitrogens with two attached hydrogens (primary N) is 1. The van der Waals surface area contributed by atoms with Gasteiger partial charge < -0.3 is 5.73 Å². The molecule has 0 spiro atoms. The number of hydrogen-bond donors (Lipinski definition) is 1. The number of rotatable bonds is 2. The summed E-state index contributed by atoms with van der Waals surface area (Å²) in [6, 6.07) is -0.264. The lowest BCUT2D eigenvalue weighted by molar-refractivity contribution is -0.125. The lowest BCUT2D eigenvalue weighted by Crippen LogP contribution is -2.34. The SMILES string of the molecule is CC1CCCC(C(=O)C(C)N)C1. The summed E-state index contributed by atoms with van der Waals surface area (Å²) in [6.45, 7) is 4.02. The molecule has 3 atom stereocenters. The maximum atomic E-state index is 11.5. The molecule has 0 saturated heterocycles. The van der Waals surface area contributed by atoms with E-state index < -0.39 is 0 Å². The lowest BCUT2D eigenvalue weighted by Gasteiger charge is -2.26. The van der Waals surface area contributed by atoms with Crippen molar-refractivity contribution in [3.63, 3.8) is 0 Å². The molecular weight excluding hydrogens is 150 g/mol. The smallest absolute Gasteiger partial charge is 0.152 e. The predicted molar refractivity (Wildman–Crippen MR) is 49.8 cm³/mol. The van der Waals surface area contributed by atoms with Crippen molar-refractivity contribution in [2.45, 2.75) is 45.6 Å². The molecule has 0 aromatic carbocycles. The summed E-state index contributed by atoms with van der Waals surface area (Å²) in [7, 11) is 0. The predicted octanol–water partition coefficient (Wildman–Crippen LogP) is 1.73. The molecule has 0 amide bonds. The van der Waals surface area contributed by atoms with Gasteiger partial charge >= 0.3 is 0 Å². The van der Waals surface area contributed by atoms with Gasteiger partial charge in [0, 0.05) is 5.92 Å². The average Bonchev–Trinajstić information content (AvgIpc) is 2.03. The van der Waals surface area contributed by atoms with Gasteiger partial charge in [-0.2, -0.15) is 0 Å². The molecule has 12 heavy (non-hydrogen) atoms. The van der Waals surface area contributed by atoms with E-state index in [-0.39, 0.29) is 17.7 Å². The maximum absolute atomic E-state index is 11.5. The molecule has 1 fully saturated rings. The lowest BCUT2D eigenvalue weighted by atomic mass is 9.79. The third-order valence-corrected chi connectivity index (χ3v) is 2.79. The second-order valence-corrected chi connectivity index (χ2v) is 4.16. The number of carbonyl (C=O) groups excluding carboxylic acids is 1. The first-order valence-electron chi connectivity index (χ1n) is 4.90. The summed E-state index contributed by atoms with van der Waals surface area (Å²) in [5, 5.41) is 0. The number of Topliss-reactive ketones (excluding diaryl/α,β-unsaturated/α-hetero) is 1. The maximum Gasteiger partial charge on any atom is 0.152 e. The summed E-state index contributed by atoms with van der Waals surface area (Å²) < 4.78 is 0. The fourth-order valence-corrected chi connectivity index (χ4v) is 2.06. The summed E-state index contributed by atoms with van der Waals surface area (Å²) >= 11 is 0. The van der Waals surface area contributed by atoms with Crippen LogP contribution in [-0.2, 0) is 4.79 Å². The molecule has 0 aromatic rings. The van der Waals surface area contributed by atoms with E-state index in [1.165, 1.54) is 12.8 Å². The van der Waals surface area contributed by atoms with E-state index in [0.29, 0.717) is 5.92 Å². The summed E-state index contributed by atoms with van der Waals surface area (Å²) in [5.74, 6) is 1.24. The molecule has 1 aliphatic carbocycles. The van der Waals surface area contributed by atoms with Crippen LogP contribution in [0.5, 0.6) is 0 Å². The van der Waals surface area contributed by atoms with E-state index in [2.05, 4.69) is 6.92 Å². The Morgan fingerprint density at radius 3 is 2.67 bits per heavy atom. The highest BCUT2D eigenvalue weighted by atomic mass is 16.1. The van der Waals surface area contributed by atoms with Crippen LogP contribution in [0.25, 0.3) is 0 Å². The first kappa shape index (κ1) is 9.72. The molecule has 70 valence electrons. The van der Waals surface area contributed by atoms with Crippen LogP contribution in [0.2, 0.25) is 0 Å². The Kier molecular flexibility index (Phi) is 3.27. The molecule has 3 unspecified atom stereocenters. The minimum atomic E-state index is -0.264. The number of hydrogen-bond acceptors (Lipinski definition) is 2. The highest BCUT2D eigenvalue weighted by Crippen LogP contribution is 2.29. The Morgan fingerprint density at radius 2 is 2.17 bits per heavy atom. The average molecular weight is 169 g/mol. The van der Waals surface area contributed by atoms with Crippen LogP contribution in [0.4, 0.5) is 0 Å². The van der Waals surface area contributed by atoms with Crippen molar-refractivity contribution in [1.82, 2.24) is 0 Å². The molecule has 1 saturated carbocycles. The number of ketones is 1. The van der Waals surface area contributed by atoms with Gasteiger partial charge in [0.15, 0.2) is 5.78 Å². The van der Waals surface area contributed by atoms with Gasteiger partial charge in [0.05, 0.1) is 6.04 Å². The van der Waals surface area contributed by atoms with E-state index in [1.54, 1.807) is 6.92 Å². The van der Waals surface area contributed by atoms with Crippen molar-refractivity contribution in [1.29, 1.82) is 0 Å². The molecule has 2 nitrogen and oxygen atoms in total. The van der Waals surface area contributed by atoms with Gasteiger partial charge in [0.2, 0.25) is 0 Å². The molecule has 0 aromatic heterocycles. The summed E-state index contributed by atoms with van der Waals surface area (Å²) in [5.41, 5.74) is 5.56. The van der Waals surface area contributed by atoms with Gasteiger partial charge in [-0.1, -0.05) is 19.8 Å². The fourth-order valence-electron chi connectivity index (χ4n) is 2.06. The van der Waals surface area contributed by atoms with Gasteiger partial charge in [-0.3, -0.25) is 4.79 Å². The van der Waals surface area contributed by atoms with Crippen LogP contribution in [0.1, 0.15) is 39.5 Å². The van der Waals surface area contributed by atoms with Crippen LogP contribution in [-0.4, -0.2) is 11.8 Å². The van der Waals surface area contributed by atoms with Gasteiger partial charge in [0.25, 0.3) is 0 Å². The third kappa shape index (κ3) is 2.31. The third-order valence-electron chi connectivity index (χ3n) is 2.79. The quantitative estimate of drug-likeness (QED) is 0.684. The van der Waals surface area contributed by atoms with E-state index in [1.807, 2.05) is 0 Å². The van der Waals surface area contributed by atoms with E-state index >= 15 is 0 Å². The van der Waals surface area contributed by atoms with E-state index in [4.69, 9.17) is 5.73 Å². The Labute approximate surface area is 74.5 Å². The normalized spacial score (nSPS) is 32.9. The van der Waals surface area contributed by atoms with Crippen molar-refractivity contribution in [2.24, 2.45) is 17.6 Å². The van der Waals surface area contributed by atoms with Crippen molar-refractivity contribution in [2.75, 3.05) is 0 Å². The molecule has 2 N–H and O–H groups in total. The van der Waals surface area contributed by atoms with Crippen LogP contribution in [0.3, 0.4) is 0 Å². The van der Waals surface area contributed by atoms with Crippen molar-refractivity contribution in [3.8, 4) is 0 Å². The van der Waals surface area contributed by atoms with Gasteiger partial charge in [-0.05, 0) is 25.7 Å². The summed E-state index contributed by atoms with van der Waals surface area (Å²) in [6.07, 6.45) is 4.60. The first-order valence-corrected chi connectivity index (χ1v) is 4.90. The molecule has 0 bridgehead atoms. The second kappa shape index (κ2) is 4.04. The van der Waals surface area contributed by atoms with Gasteiger partial charge in [-0.15, -0.1) is 0 Å². The van der Waals surface area contributed by atoms with Crippen LogP contribution >= 0.6 is 0 Å². The monoisotopic (exact) mass is 169 g/mol. The molecule has 1 rings (SSSR count). The van der Waals surface area contributed by atoms with Gasteiger partial charge in [0.1, 0.15) is 0 Å². The Balaban J connectivity index is 2.46. The first-order chi connectivity index (χ1) is 5.61. The molecule has 0 heterocycles. The van der Waals surface area contributed by atoms with E-state index in [0.717, 1.165) is 12.8 Å². The standard InChI is InChI=1S/C10H19NO/c1-7-4-3-5-9(6-7)10(12)8(2)11/h7-9H,3-6,11H2,1-2H3. The molecule has 2 heteroatoms. The zero-order chi connectivity index (χ0) is 9.14. The van der Waals surface area contributed by atoms with Crippen molar-refractivity contribution >= 4 is 5.78 Å². The molecule has 1 aliphatic rings. The zero-order valence-electron chi connectivity index (χ0n) is 8.05. The van der Waals surface area contributed by atoms with Crippen LogP contribution in [0, 0.1) is 11.8 Å². The fraction of sp³-hybridized carbons (Fsp3) is 0.900. The van der Waals surface area contributed by atoms with Crippen LogP contribution in [0.15, 0.2) is 0 Å². The number of carbonyl (C=O) groups is 1. The highest BCUT2D eigenvalue weighted by molar-refractivity contribution is 5.85. The second-order valence-electron chi connectivity index (χ2n) is 4.16. The Hall–Kier alpha value is -0.370. The highest BCUT2D eigenvalue weighted by Gasteiger charge is 2.26. The molecular formula is C10H19NO. The Morgan fingerprint density at radius 1 is 1.50 bits per heavy atom.